The SMILES string of the molecule is COc1ccc(OC)c(C(C)NCCC(F)(F)F)c1. The summed E-state index contributed by atoms with van der Waals surface area (Å²) >= 11 is 0. The molecule has 1 atom stereocenters. The van der Waals surface area contributed by atoms with E-state index in [1.54, 1.807) is 25.1 Å². The van der Waals surface area contributed by atoms with Crippen LogP contribution in [-0.4, -0.2) is 26.9 Å². The van der Waals surface area contributed by atoms with Crippen molar-refractivity contribution in [3.63, 3.8) is 0 Å². The van der Waals surface area contributed by atoms with E-state index in [9.17, 15) is 13.2 Å². The number of methoxy groups -OCH3 is 2. The summed E-state index contributed by atoms with van der Waals surface area (Å²) in [5.74, 6) is 1.26. The fourth-order valence-corrected chi connectivity index (χ4v) is 1.72. The van der Waals surface area contributed by atoms with Crippen LogP contribution in [0.3, 0.4) is 0 Å². The molecular weight excluding hydrogens is 259 g/mol. The molecule has 6 heteroatoms. The first-order chi connectivity index (χ1) is 8.87. The van der Waals surface area contributed by atoms with Crippen molar-refractivity contribution in [3.05, 3.63) is 23.8 Å². The quantitative estimate of drug-likeness (QED) is 0.865. The van der Waals surface area contributed by atoms with Crippen molar-refractivity contribution in [1.29, 1.82) is 0 Å². The van der Waals surface area contributed by atoms with Crippen LogP contribution in [0.5, 0.6) is 11.5 Å². The second-order valence-corrected chi connectivity index (χ2v) is 4.15. The summed E-state index contributed by atoms with van der Waals surface area (Å²) in [6, 6.07) is 4.97. The lowest BCUT2D eigenvalue weighted by molar-refractivity contribution is -0.133. The molecule has 0 amide bonds. The van der Waals surface area contributed by atoms with Gasteiger partial charge in [-0.25, -0.2) is 0 Å². The van der Waals surface area contributed by atoms with Gasteiger partial charge < -0.3 is 14.8 Å². The van der Waals surface area contributed by atoms with Gasteiger partial charge in [-0.3, -0.25) is 0 Å². The lowest BCUT2D eigenvalue weighted by Crippen LogP contribution is -2.24. The van der Waals surface area contributed by atoms with Crippen molar-refractivity contribution in [2.75, 3.05) is 20.8 Å². The van der Waals surface area contributed by atoms with Gasteiger partial charge in [-0.1, -0.05) is 0 Å². The van der Waals surface area contributed by atoms with E-state index in [0.717, 1.165) is 5.56 Å². The van der Waals surface area contributed by atoms with Gasteiger partial charge in [-0.2, -0.15) is 13.2 Å². The summed E-state index contributed by atoms with van der Waals surface area (Å²) in [6.07, 6.45) is -5.01. The summed E-state index contributed by atoms with van der Waals surface area (Å²) in [5.41, 5.74) is 0.768. The molecule has 1 N–H and O–H groups in total. The van der Waals surface area contributed by atoms with E-state index in [1.807, 2.05) is 0 Å². The standard InChI is InChI=1S/C13H18F3NO2/c1-9(17-7-6-13(14,15)16)11-8-10(18-2)4-5-12(11)19-3/h4-5,8-9,17H,6-7H2,1-3H3. The van der Waals surface area contributed by atoms with E-state index in [1.165, 1.54) is 14.2 Å². The van der Waals surface area contributed by atoms with Crippen LogP contribution < -0.4 is 14.8 Å². The van der Waals surface area contributed by atoms with Gasteiger partial charge in [0.05, 0.1) is 20.6 Å². The minimum atomic E-state index is -4.15. The Morgan fingerprint density at radius 3 is 2.42 bits per heavy atom. The molecular formula is C13H18F3NO2. The second kappa shape index (κ2) is 6.65. The molecule has 0 aliphatic carbocycles. The highest BCUT2D eigenvalue weighted by Crippen LogP contribution is 2.29. The van der Waals surface area contributed by atoms with Crippen molar-refractivity contribution in [2.24, 2.45) is 0 Å². The summed E-state index contributed by atoms with van der Waals surface area (Å²) in [6.45, 7) is 1.65. The van der Waals surface area contributed by atoms with E-state index in [-0.39, 0.29) is 12.6 Å². The number of nitrogens with one attached hydrogen (secondary N) is 1. The minimum absolute atomic E-state index is 0.134. The van der Waals surface area contributed by atoms with Gasteiger partial charge in [0.1, 0.15) is 11.5 Å². The van der Waals surface area contributed by atoms with Crippen molar-refractivity contribution in [1.82, 2.24) is 5.32 Å². The molecule has 0 radical (unpaired) electrons. The van der Waals surface area contributed by atoms with Gasteiger partial charge in [-0.05, 0) is 25.1 Å². The van der Waals surface area contributed by atoms with Crippen LogP contribution in [0, 0.1) is 0 Å². The molecule has 0 aliphatic heterocycles. The number of hydrogen-bond donors (Lipinski definition) is 1. The maximum atomic E-state index is 12.1. The van der Waals surface area contributed by atoms with Gasteiger partial charge >= 0.3 is 6.18 Å². The number of halogens is 3. The molecule has 19 heavy (non-hydrogen) atoms. The lowest BCUT2D eigenvalue weighted by Gasteiger charge is -2.18. The first-order valence-corrected chi connectivity index (χ1v) is 5.89. The predicted octanol–water partition coefficient (Wildman–Crippen LogP) is 3.31. The molecule has 0 saturated carbocycles. The Hall–Kier alpha value is -1.43. The molecule has 0 aliphatic rings. The van der Waals surface area contributed by atoms with Crippen molar-refractivity contribution in [2.45, 2.75) is 25.6 Å². The maximum absolute atomic E-state index is 12.1. The number of alkyl halides is 3. The molecule has 0 heterocycles. The van der Waals surface area contributed by atoms with E-state index >= 15 is 0 Å². The summed E-state index contributed by atoms with van der Waals surface area (Å²) in [4.78, 5) is 0. The average molecular weight is 277 g/mol. The third-order valence-electron chi connectivity index (χ3n) is 2.76. The predicted molar refractivity (Wildman–Crippen MR) is 66.6 cm³/mol. The largest absolute Gasteiger partial charge is 0.497 e. The molecule has 1 aromatic rings. The summed E-state index contributed by atoms with van der Waals surface area (Å²) in [7, 11) is 3.06. The first-order valence-electron chi connectivity index (χ1n) is 5.89. The Bertz CT molecular complexity index is 407. The Labute approximate surface area is 110 Å². The molecule has 1 aromatic carbocycles. The van der Waals surface area contributed by atoms with Gasteiger partial charge in [0.25, 0.3) is 0 Å². The van der Waals surface area contributed by atoms with E-state index in [4.69, 9.17) is 9.47 Å². The monoisotopic (exact) mass is 277 g/mol. The molecule has 0 bridgehead atoms. The Morgan fingerprint density at radius 2 is 1.89 bits per heavy atom. The third-order valence-corrected chi connectivity index (χ3v) is 2.76. The van der Waals surface area contributed by atoms with Crippen molar-refractivity contribution >= 4 is 0 Å². The van der Waals surface area contributed by atoms with Crippen LogP contribution in [-0.2, 0) is 0 Å². The minimum Gasteiger partial charge on any atom is -0.497 e. The van der Waals surface area contributed by atoms with E-state index in [2.05, 4.69) is 5.32 Å². The molecule has 1 rings (SSSR count). The highest BCUT2D eigenvalue weighted by Gasteiger charge is 2.26. The molecule has 0 spiro atoms. The van der Waals surface area contributed by atoms with E-state index < -0.39 is 12.6 Å². The molecule has 0 saturated heterocycles. The smallest absolute Gasteiger partial charge is 0.390 e. The van der Waals surface area contributed by atoms with E-state index in [0.29, 0.717) is 11.5 Å². The van der Waals surface area contributed by atoms with Crippen molar-refractivity contribution < 1.29 is 22.6 Å². The van der Waals surface area contributed by atoms with Gasteiger partial charge in [-0.15, -0.1) is 0 Å². The molecule has 0 aromatic heterocycles. The zero-order valence-corrected chi connectivity index (χ0v) is 11.2. The Balaban J connectivity index is 2.72. The Kier molecular flexibility index (Phi) is 5.47. The molecule has 1 unspecified atom stereocenters. The second-order valence-electron chi connectivity index (χ2n) is 4.15. The highest BCUT2D eigenvalue weighted by atomic mass is 19.4. The molecule has 0 fully saturated rings. The number of hydrogen-bond acceptors (Lipinski definition) is 3. The number of benzene rings is 1. The van der Waals surface area contributed by atoms with Crippen LogP contribution in [0.2, 0.25) is 0 Å². The zero-order chi connectivity index (χ0) is 14.5. The number of rotatable bonds is 6. The van der Waals surface area contributed by atoms with Gasteiger partial charge in [0.2, 0.25) is 0 Å². The Morgan fingerprint density at radius 1 is 1.21 bits per heavy atom. The van der Waals surface area contributed by atoms with Gasteiger partial charge in [0.15, 0.2) is 0 Å². The lowest BCUT2D eigenvalue weighted by atomic mass is 10.1. The van der Waals surface area contributed by atoms with Crippen LogP contribution in [0.4, 0.5) is 13.2 Å². The van der Waals surface area contributed by atoms with Gasteiger partial charge in [0, 0.05) is 18.2 Å². The number of ether oxygens (including phenoxy) is 2. The van der Waals surface area contributed by atoms with Crippen LogP contribution >= 0.6 is 0 Å². The third kappa shape index (κ3) is 4.98. The average Bonchev–Trinajstić information content (AvgIpc) is 2.36. The van der Waals surface area contributed by atoms with Crippen molar-refractivity contribution in [3.8, 4) is 11.5 Å². The maximum Gasteiger partial charge on any atom is 0.390 e. The summed E-state index contributed by atoms with van der Waals surface area (Å²) < 4.78 is 46.6. The molecule has 3 nitrogen and oxygen atoms in total. The fraction of sp³-hybridized carbons (Fsp3) is 0.538. The zero-order valence-electron chi connectivity index (χ0n) is 11.2. The van der Waals surface area contributed by atoms with Crippen LogP contribution in [0.25, 0.3) is 0 Å². The topological polar surface area (TPSA) is 30.5 Å². The fourth-order valence-electron chi connectivity index (χ4n) is 1.72. The first kappa shape index (κ1) is 15.6. The molecule has 108 valence electrons. The van der Waals surface area contributed by atoms with Crippen LogP contribution in [0.15, 0.2) is 18.2 Å². The normalized spacial score (nSPS) is 13.2. The van der Waals surface area contributed by atoms with Crippen LogP contribution in [0.1, 0.15) is 24.9 Å². The highest BCUT2D eigenvalue weighted by molar-refractivity contribution is 5.42. The summed E-state index contributed by atoms with van der Waals surface area (Å²) in [5, 5.41) is 2.83.